The third-order valence-electron chi connectivity index (χ3n) is 2.89. The zero-order valence-electron chi connectivity index (χ0n) is 12.2. The number of terminal acetylenes is 1. The molecule has 2 heterocycles. The number of hydrogen-bond donors (Lipinski definition) is 0. The number of halogens is 1. The van der Waals surface area contributed by atoms with Crippen LogP contribution in [-0.4, -0.2) is 28.0 Å². The number of rotatable bonds is 7. The zero-order chi connectivity index (χ0) is 16.8. The Morgan fingerprint density at radius 3 is 2.87 bits per heavy atom. The van der Waals surface area contributed by atoms with Gasteiger partial charge in [-0.05, 0) is 22.9 Å². The van der Waals surface area contributed by atoms with Crippen LogP contribution in [0, 0.1) is 22.5 Å². The molecule has 0 unspecified atom stereocenters. The van der Waals surface area contributed by atoms with Gasteiger partial charge < -0.3 is 9.64 Å². The van der Waals surface area contributed by atoms with Crippen LogP contribution in [0.4, 0.5) is 11.5 Å². The maximum atomic E-state index is 11.4. The van der Waals surface area contributed by atoms with Gasteiger partial charge in [0.1, 0.15) is 12.4 Å². The van der Waals surface area contributed by atoms with Gasteiger partial charge >= 0.3 is 5.69 Å². The monoisotopic (exact) mass is 396 g/mol. The molecule has 0 saturated heterocycles. The van der Waals surface area contributed by atoms with Crippen LogP contribution in [0.25, 0.3) is 0 Å². The molecule has 0 N–H and O–H groups in total. The molecule has 9 heteroatoms. The summed E-state index contributed by atoms with van der Waals surface area (Å²) in [4.78, 5) is 22.0. The number of hydrogen-bond acceptors (Lipinski definition) is 7. The van der Waals surface area contributed by atoms with Gasteiger partial charge in [-0.3, -0.25) is 10.1 Å². The number of aromatic nitrogens is 2. The van der Waals surface area contributed by atoms with E-state index in [1.54, 1.807) is 6.20 Å². The van der Waals surface area contributed by atoms with Gasteiger partial charge in [0.05, 0.1) is 23.7 Å². The standard InChI is InChI=1S/C14H13BrN4O3S/c1-3-5-22-10-6-12(19(20)21)13(16-7-10)18(4-2)9-11-8-17-14(15)23-11/h1,6-8H,4-5,9H2,2H3. The Morgan fingerprint density at radius 1 is 1.52 bits per heavy atom. The van der Waals surface area contributed by atoms with Crippen molar-refractivity contribution in [2.75, 3.05) is 18.1 Å². The summed E-state index contributed by atoms with van der Waals surface area (Å²) in [6, 6.07) is 1.34. The number of nitro groups is 1. The summed E-state index contributed by atoms with van der Waals surface area (Å²) in [5.74, 6) is 2.87. The third-order valence-corrected chi connectivity index (χ3v) is 4.36. The Morgan fingerprint density at radius 2 is 2.30 bits per heavy atom. The second kappa shape index (κ2) is 7.89. The van der Waals surface area contributed by atoms with E-state index in [4.69, 9.17) is 11.2 Å². The Balaban J connectivity index is 2.31. The van der Waals surface area contributed by atoms with E-state index in [1.807, 2.05) is 11.8 Å². The Labute approximate surface area is 145 Å². The van der Waals surface area contributed by atoms with Gasteiger partial charge in [0.25, 0.3) is 0 Å². The number of pyridine rings is 1. The smallest absolute Gasteiger partial charge is 0.315 e. The molecule has 0 aromatic carbocycles. The molecule has 7 nitrogen and oxygen atoms in total. The predicted molar refractivity (Wildman–Crippen MR) is 91.8 cm³/mol. The summed E-state index contributed by atoms with van der Waals surface area (Å²) in [6.07, 6.45) is 8.28. The van der Waals surface area contributed by atoms with Gasteiger partial charge in [-0.15, -0.1) is 17.8 Å². The average Bonchev–Trinajstić information content (AvgIpc) is 2.95. The van der Waals surface area contributed by atoms with Crippen molar-refractivity contribution in [2.24, 2.45) is 0 Å². The summed E-state index contributed by atoms with van der Waals surface area (Å²) in [5, 5.41) is 11.4. The molecule has 0 amide bonds. The van der Waals surface area contributed by atoms with Crippen molar-refractivity contribution in [3.8, 4) is 18.1 Å². The Kier molecular flexibility index (Phi) is 5.90. The molecule has 0 spiro atoms. The van der Waals surface area contributed by atoms with Crippen LogP contribution in [0.3, 0.4) is 0 Å². The highest BCUT2D eigenvalue weighted by Gasteiger charge is 2.22. The molecular weight excluding hydrogens is 384 g/mol. The van der Waals surface area contributed by atoms with Crippen molar-refractivity contribution in [1.82, 2.24) is 9.97 Å². The van der Waals surface area contributed by atoms with E-state index >= 15 is 0 Å². The summed E-state index contributed by atoms with van der Waals surface area (Å²) < 4.78 is 5.97. The fourth-order valence-corrected chi connectivity index (χ4v) is 3.26. The van der Waals surface area contributed by atoms with Crippen LogP contribution in [-0.2, 0) is 6.54 Å². The fourth-order valence-electron chi connectivity index (χ4n) is 1.89. The summed E-state index contributed by atoms with van der Waals surface area (Å²) >= 11 is 4.78. The average molecular weight is 397 g/mol. The van der Waals surface area contributed by atoms with Gasteiger partial charge in [0.15, 0.2) is 3.92 Å². The van der Waals surface area contributed by atoms with Crippen molar-refractivity contribution < 1.29 is 9.66 Å². The molecular formula is C14H13BrN4O3S. The third kappa shape index (κ3) is 4.40. The molecule has 0 aliphatic carbocycles. The first-order chi connectivity index (χ1) is 11.0. The van der Waals surface area contributed by atoms with Gasteiger partial charge in [0.2, 0.25) is 5.82 Å². The highest BCUT2D eigenvalue weighted by atomic mass is 79.9. The lowest BCUT2D eigenvalue weighted by Crippen LogP contribution is -2.23. The molecule has 0 aliphatic rings. The number of thiazole rings is 1. The molecule has 2 aromatic heterocycles. The molecule has 0 bridgehead atoms. The molecule has 2 aromatic rings. The van der Waals surface area contributed by atoms with Crippen molar-refractivity contribution in [3.63, 3.8) is 0 Å². The van der Waals surface area contributed by atoms with Crippen LogP contribution < -0.4 is 9.64 Å². The van der Waals surface area contributed by atoms with Crippen LogP contribution in [0.5, 0.6) is 5.75 Å². The van der Waals surface area contributed by atoms with Crippen LogP contribution in [0.15, 0.2) is 22.4 Å². The first-order valence-electron chi connectivity index (χ1n) is 6.61. The first-order valence-corrected chi connectivity index (χ1v) is 8.22. The Hall–Kier alpha value is -2.18. The van der Waals surface area contributed by atoms with E-state index in [-0.39, 0.29) is 23.9 Å². The van der Waals surface area contributed by atoms with Gasteiger partial charge in [-0.1, -0.05) is 5.92 Å². The largest absolute Gasteiger partial charge is 0.479 e. The molecule has 0 saturated carbocycles. The minimum atomic E-state index is -0.476. The van der Waals surface area contributed by atoms with Crippen LogP contribution in [0.1, 0.15) is 11.8 Å². The van der Waals surface area contributed by atoms with E-state index in [2.05, 4.69) is 31.8 Å². The first kappa shape index (κ1) is 17.2. The lowest BCUT2D eigenvalue weighted by molar-refractivity contribution is -0.384. The molecule has 0 fully saturated rings. The maximum absolute atomic E-state index is 11.4. The summed E-state index contributed by atoms with van der Waals surface area (Å²) in [6.45, 7) is 2.99. The summed E-state index contributed by atoms with van der Waals surface area (Å²) in [7, 11) is 0. The Bertz CT molecular complexity index is 744. The number of nitrogens with zero attached hydrogens (tertiary/aromatic N) is 4. The second-order valence-corrected chi connectivity index (χ2v) is 6.75. The number of anilines is 1. The molecule has 120 valence electrons. The quantitative estimate of drug-likeness (QED) is 0.405. The van der Waals surface area contributed by atoms with E-state index in [1.165, 1.54) is 23.6 Å². The van der Waals surface area contributed by atoms with E-state index in [0.717, 1.165) is 8.79 Å². The predicted octanol–water partition coefficient (Wildman–Crippen LogP) is 3.25. The van der Waals surface area contributed by atoms with Gasteiger partial charge in [-0.2, -0.15) is 0 Å². The fraction of sp³-hybridized carbons (Fsp3) is 0.286. The maximum Gasteiger partial charge on any atom is 0.315 e. The second-order valence-electron chi connectivity index (χ2n) is 4.36. The zero-order valence-corrected chi connectivity index (χ0v) is 14.6. The van der Waals surface area contributed by atoms with E-state index in [0.29, 0.717) is 13.1 Å². The van der Waals surface area contributed by atoms with Gasteiger partial charge in [0, 0.05) is 17.6 Å². The minimum absolute atomic E-state index is 0.0323. The summed E-state index contributed by atoms with van der Waals surface area (Å²) in [5.41, 5.74) is -0.120. The lowest BCUT2D eigenvalue weighted by Gasteiger charge is -2.20. The van der Waals surface area contributed by atoms with Gasteiger partial charge in [-0.25, -0.2) is 9.97 Å². The SMILES string of the molecule is C#CCOc1cnc(N(CC)Cc2cnc(Br)s2)c([N+](=O)[O-])c1. The number of ether oxygens (including phenoxy) is 1. The van der Waals surface area contributed by atoms with E-state index in [9.17, 15) is 10.1 Å². The van der Waals surface area contributed by atoms with Crippen LogP contribution in [0.2, 0.25) is 0 Å². The normalized spacial score (nSPS) is 10.1. The van der Waals surface area contributed by atoms with Crippen molar-refractivity contribution in [3.05, 3.63) is 37.4 Å². The molecule has 0 aliphatic heterocycles. The van der Waals surface area contributed by atoms with E-state index < -0.39 is 4.92 Å². The lowest BCUT2D eigenvalue weighted by atomic mass is 10.3. The highest BCUT2D eigenvalue weighted by molar-refractivity contribution is 9.11. The van der Waals surface area contributed by atoms with Crippen molar-refractivity contribution in [2.45, 2.75) is 13.5 Å². The van der Waals surface area contributed by atoms with Crippen molar-refractivity contribution >= 4 is 38.8 Å². The molecule has 0 atom stereocenters. The topological polar surface area (TPSA) is 81.4 Å². The minimum Gasteiger partial charge on any atom is -0.479 e. The molecule has 23 heavy (non-hydrogen) atoms. The van der Waals surface area contributed by atoms with Crippen molar-refractivity contribution in [1.29, 1.82) is 0 Å². The molecule has 2 rings (SSSR count). The highest BCUT2D eigenvalue weighted by Crippen LogP contribution is 2.31. The molecule has 0 radical (unpaired) electrons. The van der Waals surface area contributed by atoms with Crippen LogP contribution >= 0.6 is 27.3 Å².